The number of anilines is 1. The first-order valence-electron chi connectivity index (χ1n) is 10.5. The van der Waals surface area contributed by atoms with Gasteiger partial charge in [-0.25, -0.2) is 0 Å². The van der Waals surface area contributed by atoms with E-state index in [0.717, 1.165) is 27.7 Å². The van der Waals surface area contributed by atoms with Crippen LogP contribution in [0.15, 0.2) is 48.7 Å². The van der Waals surface area contributed by atoms with Crippen molar-refractivity contribution >= 4 is 22.5 Å². The van der Waals surface area contributed by atoms with Crippen molar-refractivity contribution in [2.75, 3.05) is 11.9 Å². The number of nitrogens with two attached hydrogens (primary N) is 1. The minimum atomic E-state index is -0.403. The van der Waals surface area contributed by atoms with Crippen LogP contribution in [-0.4, -0.2) is 34.7 Å². The van der Waals surface area contributed by atoms with Crippen molar-refractivity contribution in [2.45, 2.75) is 38.9 Å². The molecular weight excluding hydrogens is 392 g/mol. The summed E-state index contributed by atoms with van der Waals surface area (Å²) >= 11 is 0. The van der Waals surface area contributed by atoms with Crippen LogP contribution in [0.25, 0.3) is 10.9 Å². The molecule has 1 aliphatic rings. The third-order valence-corrected chi connectivity index (χ3v) is 5.61. The van der Waals surface area contributed by atoms with Crippen LogP contribution in [0.1, 0.15) is 25.0 Å². The molecule has 2 heterocycles. The molecular formula is C24H28N4O3. The Bertz CT molecular complexity index is 1100. The van der Waals surface area contributed by atoms with Gasteiger partial charge in [0.25, 0.3) is 0 Å². The average Bonchev–Trinajstić information content (AvgIpc) is 2.76. The van der Waals surface area contributed by atoms with E-state index in [2.05, 4.69) is 15.6 Å². The van der Waals surface area contributed by atoms with Crippen molar-refractivity contribution in [3.05, 3.63) is 59.8 Å². The third-order valence-electron chi connectivity index (χ3n) is 5.61. The van der Waals surface area contributed by atoms with Crippen LogP contribution in [0.5, 0.6) is 11.5 Å². The monoisotopic (exact) mass is 420 g/mol. The highest BCUT2D eigenvalue weighted by Gasteiger charge is 2.28. The van der Waals surface area contributed by atoms with E-state index in [1.165, 1.54) is 0 Å². The quantitative estimate of drug-likeness (QED) is 0.505. The van der Waals surface area contributed by atoms with E-state index >= 15 is 0 Å². The number of hydrogen-bond acceptors (Lipinski definition) is 6. The van der Waals surface area contributed by atoms with E-state index < -0.39 is 6.04 Å². The molecule has 0 radical (unpaired) electrons. The summed E-state index contributed by atoms with van der Waals surface area (Å²) in [5.74, 6) is 1.33. The number of fused-ring (bicyclic) bond motifs is 2. The summed E-state index contributed by atoms with van der Waals surface area (Å²) in [6.07, 6.45) is 2.25. The molecule has 7 heteroatoms. The van der Waals surface area contributed by atoms with Gasteiger partial charge in [0.2, 0.25) is 5.91 Å². The molecule has 2 aromatic carbocycles. The molecule has 4 rings (SSSR count). The standard InChI is InChI=1S/C24H28N4O3/c1-14(2)23-24(30)27-17(13-29)10-16-4-5-18(11-20(16)28-23)31-22-7-8-26-21-9-15(12-25)3-6-19(21)22/h3-9,11,14,17,23,28-29H,10,12-13,25H2,1-2H3,(H,27,30)/t17-,23-/m0/s1. The van der Waals surface area contributed by atoms with Crippen LogP contribution >= 0.6 is 0 Å². The third kappa shape index (κ3) is 4.47. The molecule has 1 amide bonds. The second-order valence-corrected chi connectivity index (χ2v) is 8.24. The number of hydrogen-bond donors (Lipinski definition) is 4. The fourth-order valence-corrected chi connectivity index (χ4v) is 3.86. The van der Waals surface area contributed by atoms with Crippen LogP contribution in [0.4, 0.5) is 5.69 Å². The number of benzene rings is 2. The molecule has 7 nitrogen and oxygen atoms in total. The number of nitrogens with zero attached hydrogens (tertiary/aromatic N) is 1. The Labute approximate surface area is 181 Å². The van der Waals surface area contributed by atoms with E-state index in [-0.39, 0.29) is 24.5 Å². The predicted octanol–water partition coefficient (Wildman–Crippen LogP) is 2.96. The highest BCUT2D eigenvalue weighted by Crippen LogP contribution is 2.33. The lowest BCUT2D eigenvalue weighted by atomic mass is 9.97. The first kappa shape index (κ1) is 21.1. The van der Waals surface area contributed by atoms with Crippen LogP contribution in [0.2, 0.25) is 0 Å². The van der Waals surface area contributed by atoms with Crippen LogP contribution in [0.3, 0.4) is 0 Å². The predicted molar refractivity (Wildman–Crippen MR) is 121 cm³/mol. The number of aliphatic hydroxyl groups is 1. The molecule has 0 saturated heterocycles. The Morgan fingerprint density at radius 2 is 2.03 bits per heavy atom. The number of amides is 1. The van der Waals surface area contributed by atoms with Crippen molar-refractivity contribution in [3.8, 4) is 11.5 Å². The van der Waals surface area contributed by atoms with E-state index in [1.807, 2.05) is 56.3 Å². The number of ether oxygens (including phenoxy) is 1. The molecule has 0 unspecified atom stereocenters. The number of carbonyl (C=O) groups is 1. The molecule has 0 bridgehead atoms. The largest absolute Gasteiger partial charge is 0.457 e. The van der Waals surface area contributed by atoms with Gasteiger partial charge in [0.15, 0.2) is 0 Å². The van der Waals surface area contributed by atoms with Crippen LogP contribution < -0.4 is 21.1 Å². The van der Waals surface area contributed by atoms with E-state index in [9.17, 15) is 9.90 Å². The summed E-state index contributed by atoms with van der Waals surface area (Å²) in [5, 5.41) is 16.9. The number of aliphatic hydroxyl groups excluding tert-OH is 1. The van der Waals surface area contributed by atoms with Crippen LogP contribution in [-0.2, 0) is 17.8 Å². The van der Waals surface area contributed by atoms with Gasteiger partial charge in [-0.15, -0.1) is 0 Å². The van der Waals surface area contributed by atoms with Gasteiger partial charge in [-0.2, -0.15) is 0 Å². The Morgan fingerprint density at radius 3 is 2.77 bits per heavy atom. The Kier molecular flexibility index (Phi) is 6.06. The highest BCUT2D eigenvalue weighted by atomic mass is 16.5. The van der Waals surface area contributed by atoms with Gasteiger partial charge in [-0.1, -0.05) is 26.0 Å². The summed E-state index contributed by atoms with van der Waals surface area (Å²) in [5.41, 5.74) is 9.44. The normalized spacial score (nSPS) is 18.7. The second kappa shape index (κ2) is 8.91. The molecule has 3 aromatic rings. The van der Waals surface area contributed by atoms with Crippen molar-refractivity contribution < 1.29 is 14.6 Å². The summed E-state index contributed by atoms with van der Waals surface area (Å²) < 4.78 is 6.22. The fraction of sp³-hybridized carbons (Fsp3) is 0.333. The minimum Gasteiger partial charge on any atom is -0.457 e. The van der Waals surface area contributed by atoms with Gasteiger partial charge in [-0.05, 0) is 47.7 Å². The molecule has 0 saturated carbocycles. The van der Waals surface area contributed by atoms with Gasteiger partial charge in [0.05, 0.1) is 18.2 Å². The van der Waals surface area contributed by atoms with Gasteiger partial charge in [0.1, 0.15) is 17.5 Å². The van der Waals surface area contributed by atoms with Crippen LogP contribution in [0, 0.1) is 5.92 Å². The maximum Gasteiger partial charge on any atom is 0.243 e. The first-order chi connectivity index (χ1) is 15.0. The molecule has 0 fully saturated rings. The number of rotatable bonds is 5. The smallest absolute Gasteiger partial charge is 0.243 e. The zero-order chi connectivity index (χ0) is 22.0. The number of nitrogens with one attached hydrogen (secondary N) is 2. The minimum absolute atomic E-state index is 0.0794. The van der Waals surface area contributed by atoms with Gasteiger partial charge in [0, 0.05) is 29.9 Å². The maximum absolute atomic E-state index is 12.6. The SMILES string of the molecule is CC(C)[C@@H]1Nc2cc(Oc3ccnc4cc(CN)ccc34)ccc2C[C@@H](CO)NC1=O. The molecule has 0 aliphatic carbocycles. The molecule has 31 heavy (non-hydrogen) atoms. The van der Waals surface area contributed by atoms with Crippen molar-refractivity contribution in [1.82, 2.24) is 10.3 Å². The van der Waals surface area contributed by atoms with Gasteiger partial charge in [-0.3, -0.25) is 9.78 Å². The maximum atomic E-state index is 12.6. The van der Waals surface area contributed by atoms with Crippen molar-refractivity contribution in [1.29, 1.82) is 0 Å². The molecule has 1 aliphatic heterocycles. The van der Waals surface area contributed by atoms with E-state index in [4.69, 9.17) is 10.5 Å². The molecule has 5 N–H and O–H groups in total. The number of aromatic nitrogens is 1. The lowest BCUT2D eigenvalue weighted by Crippen LogP contribution is -2.50. The average molecular weight is 421 g/mol. The lowest BCUT2D eigenvalue weighted by molar-refractivity contribution is -0.123. The van der Waals surface area contributed by atoms with Crippen molar-refractivity contribution in [2.24, 2.45) is 11.7 Å². The molecule has 0 spiro atoms. The molecule has 1 aromatic heterocycles. The summed E-state index contributed by atoms with van der Waals surface area (Å²) in [6.45, 7) is 4.33. The van der Waals surface area contributed by atoms with Gasteiger partial charge >= 0.3 is 0 Å². The Hall–Kier alpha value is -3.16. The highest BCUT2D eigenvalue weighted by molar-refractivity contribution is 5.87. The molecule has 162 valence electrons. The van der Waals surface area contributed by atoms with E-state index in [0.29, 0.717) is 24.5 Å². The summed E-state index contributed by atoms with van der Waals surface area (Å²) in [6, 6.07) is 12.8. The van der Waals surface area contributed by atoms with E-state index in [1.54, 1.807) is 6.20 Å². The first-order valence-corrected chi connectivity index (χ1v) is 10.5. The summed E-state index contributed by atoms with van der Waals surface area (Å²) in [4.78, 5) is 17.1. The Morgan fingerprint density at radius 1 is 1.19 bits per heavy atom. The zero-order valence-electron chi connectivity index (χ0n) is 17.8. The number of carbonyl (C=O) groups excluding carboxylic acids is 1. The van der Waals surface area contributed by atoms with Gasteiger partial charge < -0.3 is 26.2 Å². The topological polar surface area (TPSA) is 110 Å². The fourth-order valence-electron chi connectivity index (χ4n) is 3.86. The number of pyridine rings is 1. The lowest BCUT2D eigenvalue weighted by Gasteiger charge is -2.30. The summed E-state index contributed by atoms with van der Waals surface area (Å²) in [7, 11) is 0. The second-order valence-electron chi connectivity index (χ2n) is 8.24. The zero-order valence-corrected chi connectivity index (χ0v) is 17.8. The molecule has 2 atom stereocenters. The van der Waals surface area contributed by atoms with Crippen molar-refractivity contribution in [3.63, 3.8) is 0 Å². The Balaban J connectivity index is 1.68.